The van der Waals surface area contributed by atoms with Gasteiger partial charge in [0.15, 0.2) is 11.6 Å². The van der Waals surface area contributed by atoms with Crippen LogP contribution in [0.5, 0.6) is 0 Å². The molecule has 1 aromatic carbocycles. The number of benzene rings is 1. The second-order valence-corrected chi connectivity index (χ2v) is 3.94. The number of nitrogens with one attached hydrogen (secondary N) is 1. The van der Waals surface area contributed by atoms with Crippen molar-refractivity contribution in [1.82, 2.24) is 15.1 Å². The van der Waals surface area contributed by atoms with E-state index in [2.05, 4.69) is 15.1 Å². The number of nitrogen functional groups attached to an aromatic ring is 1. The molecule has 0 aliphatic heterocycles. The maximum absolute atomic E-state index is 5.85. The van der Waals surface area contributed by atoms with Crippen molar-refractivity contribution in [1.29, 1.82) is 0 Å². The van der Waals surface area contributed by atoms with E-state index < -0.39 is 0 Å². The first-order valence-electron chi connectivity index (χ1n) is 5.47. The average Bonchev–Trinajstić information content (AvgIpc) is 2.96. The summed E-state index contributed by atoms with van der Waals surface area (Å²) in [5, 5.41) is 3.94. The van der Waals surface area contributed by atoms with Crippen LogP contribution < -0.4 is 5.73 Å². The second kappa shape index (κ2) is 4.15. The summed E-state index contributed by atoms with van der Waals surface area (Å²) in [6.07, 6.45) is 0. The van der Waals surface area contributed by atoms with Gasteiger partial charge >= 0.3 is 0 Å². The molecule has 3 N–H and O–H groups in total. The number of aromatic nitrogens is 3. The molecule has 6 heteroatoms. The van der Waals surface area contributed by atoms with E-state index >= 15 is 0 Å². The molecule has 92 valence electrons. The summed E-state index contributed by atoms with van der Waals surface area (Å²) in [7, 11) is 1.60. The average molecular weight is 244 g/mol. The second-order valence-electron chi connectivity index (χ2n) is 3.94. The molecule has 0 aliphatic rings. The van der Waals surface area contributed by atoms with Crippen LogP contribution in [0.2, 0.25) is 0 Å². The van der Waals surface area contributed by atoms with Crippen LogP contribution in [0.25, 0.3) is 22.6 Å². The molecule has 0 radical (unpaired) electrons. The van der Waals surface area contributed by atoms with E-state index in [4.69, 9.17) is 15.0 Å². The van der Waals surface area contributed by atoms with Gasteiger partial charge < -0.3 is 20.0 Å². The first-order valence-corrected chi connectivity index (χ1v) is 5.47. The predicted molar refractivity (Wildman–Crippen MR) is 66.7 cm³/mol. The highest BCUT2D eigenvalue weighted by Gasteiger charge is 2.11. The third-order valence-corrected chi connectivity index (χ3v) is 2.63. The number of imidazole rings is 1. The molecule has 0 atom stereocenters. The standard InChI is InChI=1S/C12H12N4O2/c1-17-6-7-5-10(16-18-7)12-14-9-4-2-3-8(13)11(9)15-12/h2-5H,6,13H2,1H3,(H,14,15). The summed E-state index contributed by atoms with van der Waals surface area (Å²) in [5.74, 6) is 1.29. The molecule has 6 nitrogen and oxygen atoms in total. The summed E-state index contributed by atoms with van der Waals surface area (Å²) >= 11 is 0. The molecule has 2 heterocycles. The summed E-state index contributed by atoms with van der Waals surface area (Å²) in [6.45, 7) is 0.384. The molecule has 0 aliphatic carbocycles. The van der Waals surface area contributed by atoms with Gasteiger partial charge in [0, 0.05) is 13.2 Å². The van der Waals surface area contributed by atoms with Gasteiger partial charge in [0.05, 0.1) is 11.2 Å². The molecular formula is C12H12N4O2. The molecule has 0 bridgehead atoms. The summed E-state index contributed by atoms with van der Waals surface area (Å²) < 4.78 is 10.1. The zero-order valence-corrected chi connectivity index (χ0v) is 9.80. The van der Waals surface area contributed by atoms with Crippen LogP contribution in [-0.4, -0.2) is 22.2 Å². The van der Waals surface area contributed by atoms with Crippen molar-refractivity contribution in [2.24, 2.45) is 0 Å². The SMILES string of the molecule is COCc1cc(-c2nc3c(N)cccc3[nH]2)no1. The van der Waals surface area contributed by atoms with Gasteiger partial charge in [-0.1, -0.05) is 11.2 Å². The maximum atomic E-state index is 5.85. The molecule has 0 spiro atoms. The predicted octanol–water partition coefficient (Wildman–Crippen LogP) is 1.95. The van der Waals surface area contributed by atoms with Crippen LogP contribution >= 0.6 is 0 Å². The fourth-order valence-corrected chi connectivity index (χ4v) is 1.81. The Hall–Kier alpha value is -2.34. The number of nitrogens with two attached hydrogens (primary N) is 1. The minimum atomic E-state index is 0.384. The number of ether oxygens (including phenoxy) is 1. The fraction of sp³-hybridized carbons (Fsp3) is 0.167. The van der Waals surface area contributed by atoms with E-state index in [9.17, 15) is 0 Å². The topological polar surface area (TPSA) is 90.0 Å². The zero-order valence-electron chi connectivity index (χ0n) is 9.80. The molecule has 0 saturated heterocycles. The lowest BCUT2D eigenvalue weighted by Crippen LogP contribution is -1.85. The number of aromatic amines is 1. The van der Waals surface area contributed by atoms with Crippen molar-refractivity contribution < 1.29 is 9.26 Å². The van der Waals surface area contributed by atoms with E-state index in [0.29, 0.717) is 29.6 Å². The highest BCUT2D eigenvalue weighted by atomic mass is 16.5. The third-order valence-electron chi connectivity index (χ3n) is 2.63. The summed E-state index contributed by atoms with van der Waals surface area (Å²) in [6, 6.07) is 7.39. The van der Waals surface area contributed by atoms with Crippen LogP contribution in [0.3, 0.4) is 0 Å². The van der Waals surface area contributed by atoms with Gasteiger partial charge in [0.2, 0.25) is 0 Å². The van der Waals surface area contributed by atoms with Crippen LogP contribution in [0.1, 0.15) is 5.76 Å². The van der Waals surface area contributed by atoms with Crippen molar-refractivity contribution in [3.63, 3.8) is 0 Å². The van der Waals surface area contributed by atoms with E-state index in [1.54, 1.807) is 13.2 Å². The first-order chi connectivity index (χ1) is 8.78. The Kier molecular flexibility index (Phi) is 2.49. The van der Waals surface area contributed by atoms with Crippen LogP contribution in [0.15, 0.2) is 28.8 Å². The highest BCUT2D eigenvalue weighted by molar-refractivity contribution is 5.88. The lowest BCUT2D eigenvalue weighted by atomic mass is 10.3. The van der Waals surface area contributed by atoms with Crippen molar-refractivity contribution in [3.05, 3.63) is 30.0 Å². The Labute approximate surface area is 103 Å². The van der Waals surface area contributed by atoms with E-state index in [0.717, 1.165) is 11.0 Å². The van der Waals surface area contributed by atoms with Crippen molar-refractivity contribution in [3.8, 4) is 11.5 Å². The lowest BCUT2D eigenvalue weighted by molar-refractivity contribution is 0.156. The van der Waals surface area contributed by atoms with E-state index in [1.807, 2.05) is 18.2 Å². The van der Waals surface area contributed by atoms with Gasteiger partial charge in [-0.3, -0.25) is 0 Å². The first kappa shape index (κ1) is 10.8. The number of nitrogens with zero attached hydrogens (tertiary/aromatic N) is 2. The molecule has 3 aromatic rings. The fourth-order valence-electron chi connectivity index (χ4n) is 1.81. The molecule has 2 aromatic heterocycles. The Bertz CT molecular complexity index is 686. The Morgan fingerprint density at radius 3 is 3.11 bits per heavy atom. The largest absolute Gasteiger partial charge is 0.397 e. The van der Waals surface area contributed by atoms with Crippen molar-refractivity contribution in [2.75, 3.05) is 12.8 Å². The highest BCUT2D eigenvalue weighted by Crippen LogP contribution is 2.23. The zero-order chi connectivity index (χ0) is 12.5. The Balaban J connectivity index is 2.05. The van der Waals surface area contributed by atoms with Gasteiger partial charge in [-0.2, -0.15) is 0 Å². The quantitative estimate of drug-likeness (QED) is 0.687. The monoisotopic (exact) mass is 244 g/mol. The normalized spacial score (nSPS) is 11.2. The Morgan fingerprint density at radius 1 is 1.44 bits per heavy atom. The van der Waals surface area contributed by atoms with Gasteiger partial charge in [0.1, 0.15) is 17.8 Å². The number of methoxy groups -OCH3 is 1. The number of H-pyrrole nitrogens is 1. The van der Waals surface area contributed by atoms with Crippen molar-refractivity contribution >= 4 is 16.7 Å². The molecule has 0 saturated carbocycles. The minimum Gasteiger partial charge on any atom is -0.397 e. The summed E-state index contributed by atoms with van der Waals surface area (Å²) in [4.78, 5) is 7.57. The lowest BCUT2D eigenvalue weighted by Gasteiger charge is -1.90. The third kappa shape index (κ3) is 1.72. The maximum Gasteiger partial charge on any atom is 0.163 e. The Morgan fingerprint density at radius 2 is 2.33 bits per heavy atom. The van der Waals surface area contributed by atoms with E-state index in [1.165, 1.54) is 0 Å². The number of hydrogen-bond donors (Lipinski definition) is 2. The van der Waals surface area contributed by atoms with E-state index in [-0.39, 0.29) is 0 Å². The minimum absolute atomic E-state index is 0.384. The number of hydrogen-bond acceptors (Lipinski definition) is 5. The number of anilines is 1. The number of rotatable bonds is 3. The molecule has 0 amide bonds. The van der Waals surface area contributed by atoms with Crippen molar-refractivity contribution in [2.45, 2.75) is 6.61 Å². The number of fused-ring (bicyclic) bond motifs is 1. The van der Waals surface area contributed by atoms with Crippen LogP contribution in [0.4, 0.5) is 5.69 Å². The smallest absolute Gasteiger partial charge is 0.163 e. The molecule has 0 unspecified atom stereocenters. The molecule has 0 fully saturated rings. The number of para-hydroxylation sites is 1. The van der Waals surface area contributed by atoms with Gasteiger partial charge in [-0.05, 0) is 12.1 Å². The molecule has 18 heavy (non-hydrogen) atoms. The molecule has 3 rings (SSSR count). The van der Waals surface area contributed by atoms with Gasteiger partial charge in [0.25, 0.3) is 0 Å². The molecular weight excluding hydrogens is 232 g/mol. The van der Waals surface area contributed by atoms with Gasteiger partial charge in [-0.15, -0.1) is 0 Å². The van der Waals surface area contributed by atoms with Crippen LogP contribution in [0, 0.1) is 0 Å². The summed E-state index contributed by atoms with van der Waals surface area (Å²) in [5.41, 5.74) is 8.74. The van der Waals surface area contributed by atoms with Gasteiger partial charge in [-0.25, -0.2) is 4.98 Å². The van der Waals surface area contributed by atoms with Crippen LogP contribution in [-0.2, 0) is 11.3 Å².